The van der Waals surface area contributed by atoms with Gasteiger partial charge in [0.25, 0.3) is 0 Å². The summed E-state index contributed by atoms with van der Waals surface area (Å²) < 4.78 is 17.6. The van der Waals surface area contributed by atoms with E-state index < -0.39 is 8.41 Å². The molecule has 0 aromatic heterocycles. The van der Waals surface area contributed by atoms with Gasteiger partial charge in [0.1, 0.15) is 0 Å². The Hall–Kier alpha value is -0.383. The van der Waals surface area contributed by atoms with Crippen LogP contribution in [0.5, 0.6) is 0 Å². The first-order chi connectivity index (χ1) is 4.92. The van der Waals surface area contributed by atoms with Crippen LogP contribution in [0.15, 0.2) is 0 Å². The van der Waals surface area contributed by atoms with E-state index in [1.165, 1.54) is 6.92 Å². The average molecular weight is 178 g/mol. The monoisotopic (exact) mass is 178 g/mol. The number of halogens is 1. The van der Waals surface area contributed by atoms with Gasteiger partial charge in [0.05, 0.1) is 6.61 Å². The number of ether oxygens (including phenoxy) is 1. The zero-order chi connectivity index (χ0) is 8.91. The Labute approximate surface area is 67.9 Å². The molecule has 2 nitrogen and oxygen atoms in total. The van der Waals surface area contributed by atoms with Gasteiger partial charge in [-0.1, -0.05) is 0 Å². The van der Waals surface area contributed by atoms with E-state index in [1.807, 2.05) is 0 Å². The van der Waals surface area contributed by atoms with Gasteiger partial charge in [0.2, 0.25) is 8.41 Å². The molecule has 0 N–H and O–H groups in total. The molecule has 0 saturated heterocycles. The van der Waals surface area contributed by atoms with Crippen molar-refractivity contribution in [1.82, 2.24) is 0 Å². The fourth-order valence-corrected chi connectivity index (χ4v) is 1.69. The van der Waals surface area contributed by atoms with Crippen molar-refractivity contribution < 1.29 is 13.6 Å². The highest BCUT2D eigenvalue weighted by Crippen LogP contribution is 2.12. The van der Waals surface area contributed by atoms with Gasteiger partial charge in [0, 0.05) is 6.92 Å². The summed E-state index contributed by atoms with van der Waals surface area (Å²) in [6.45, 7) is 5.02. The van der Waals surface area contributed by atoms with Gasteiger partial charge in [-0.05, 0) is 25.6 Å². The van der Waals surface area contributed by atoms with Gasteiger partial charge in [-0.3, -0.25) is 4.79 Å². The standard InChI is InChI=1S/C7H15FO2Si/c1-7(9)10-5-4-6-11(2,3)8/h4-6H2,1-3H3. The van der Waals surface area contributed by atoms with E-state index in [9.17, 15) is 8.90 Å². The lowest BCUT2D eigenvalue weighted by Crippen LogP contribution is -2.18. The highest BCUT2D eigenvalue weighted by atomic mass is 28.4. The SMILES string of the molecule is CC(=O)OCCC[Si](C)(C)F. The van der Waals surface area contributed by atoms with Crippen LogP contribution in [0.2, 0.25) is 19.1 Å². The molecule has 0 aromatic carbocycles. The molecule has 0 unspecified atom stereocenters. The topological polar surface area (TPSA) is 26.3 Å². The Kier molecular flexibility index (Phi) is 4.33. The Bertz CT molecular complexity index is 131. The highest BCUT2D eigenvalue weighted by Gasteiger charge is 2.19. The molecule has 0 amide bonds. The number of hydrogen-bond acceptors (Lipinski definition) is 2. The van der Waals surface area contributed by atoms with Crippen LogP contribution >= 0.6 is 0 Å². The zero-order valence-corrected chi connectivity index (χ0v) is 8.32. The van der Waals surface area contributed by atoms with Gasteiger partial charge in [-0.2, -0.15) is 0 Å². The second kappa shape index (κ2) is 4.49. The van der Waals surface area contributed by atoms with Crippen molar-refractivity contribution in [2.45, 2.75) is 32.5 Å². The van der Waals surface area contributed by atoms with Crippen LogP contribution in [0.4, 0.5) is 4.11 Å². The van der Waals surface area contributed by atoms with E-state index in [2.05, 4.69) is 4.74 Å². The molecule has 66 valence electrons. The summed E-state index contributed by atoms with van der Waals surface area (Å²) in [6, 6.07) is 0.570. The molecule has 4 heteroatoms. The van der Waals surface area contributed by atoms with Crippen LogP contribution in [-0.2, 0) is 9.53 Å². The number of esters is 1. The van der Waals surface area contributed by atoms with Gasteiger partial charge in [-0.15, -0.1) is 0 Å². The molecule has 0 aromatic rings. The van der Waals surface area contributed by atoms with Crippen molar-refractivity contribution >= 4 is 14.4 Å². The number of hydrogen-bond donors (Lipinski definition) is 0. The number of rotatable bonds is 4. The van der Waals surface area contributed by atoms with Crippen molar-refractivity contribution in [3.8, 4) is 0 Å². The lowest BCUT2D eigenvalue weighted by Gasteiger charge is -2.09. The van der Waals surface area contributed by atoms with E-state index in [-0.39, 0.29) is 5.97 Å². The third-order valence-electron chi connectivity index (χ3n) is 1.22. The number of carbonyl (C=O) groups is 1. The fourth-order valence-electron chi connectivity index (χ4n) is 0.708. The molecule has 0 atom stereocenters. The molecular weight excluding hydrogens is 163 g/mol. The maximum atomic E-state index is 12.9. The molecule has 0 radical (unpaired) electrons. The van der Waals surface area contributed by atoms with Crippen LogP contribution in [0, 0.1) is 0 Å². The molecule has 0 aliphatic rings. The minimum absolute atomic E-state index is 0.289. The van der Waals surface area contributed by atoms with Gasteiger partial charge in [-0.25, -0.2) is 0 Å². The van der Waals surface area contributed by atoms with Crippen molar-refractivity contribution in [1.29, 1.82) is 0 Å². The molecule has 11 heavy (non-hydrogen) atoms. The van der Waals surface area contributed by atoms with Crippen LogP contribution in [0.25, 0.3) is 0 Å². The van der Waals surface area contributed by atoms with Crippen LogP contribution in [0.3, 0.4) is 0 Å². The predicted molar refractivity (Wildman–Crippen MR) is 44.6 cm³/mol. The smallest absolute Gasteiger partial charge is 0.302 e. The van der Waals surface area contributed by atoms with Crippen LogP contribution in [-0.4, -0.2) is 21.0 Å². The first-order valence-electron chi connectivity index (χ1n) is 3.74. The van der Waals surface area contributed by atoms with E-state index in [0.717, 1.165) is 0 Å². The molecule has 0 spiro atoms. The lowest BCUT2D eigenvalue weighted by molar-refractivity contribution is -0.140. The lowest BCUT2D eigenvalue weighted by atomic mass is 10.5. The Balaban J connectivity index is 3.22. The summed E-state index contributed by atoms with van der Waals surface area (Å²) in [5.74, 6) is -0.289. The first kappa shape index (κ1) is 10.6. The van der Waals surface area contributed by atoms with Crippen molar-refractivity contribution in [2.24, 2.45) is 0 Å². The van der Waals surface area contributed by atoms with Gasteiger partial charge < -0.3 is 8.84 Å². The summed E-state index contributed by atoms with van der Waals surface area (Å²) in [5.41, 5.74) is 0. The Morgan fingerprint density at radius 1 is 1.55 bits per heavy atom. The minimum atomic E-state index is -2.42. The van der Waals surface area contributed by atoms with E-state index >= 15 is 0 Å². The van der Waals surface area contributed by atoms with Crippen molar-refractivity contribution in [2.75, 3.05) is 6.61 Å². The summed E-state index contributed by atoms with van der Waals surface area (Å²) in [4.78, 5) is 10.3. The second-order valence-corrected chi connectivity index (χ2v) is 7.10. The van der Waals surface area contributed by atoms with E-state index in [1.54, 1.807) is 13.1 Å². The quantitative estimate of drug-likeness (QED) is 0.285. The largest absolute Gasteiger partial charge is 0.466 e. The third kappa shape index (κ3) is 9.62. The summed E-state index contributed by atoms with van der Waals surface area (Å²) >= 11 is 0. The molecule has 0 aliphatic carbocycles. The third-order valence-corrected chi connectivity index (χ3v) is 2.76. The summed E-state index contributed by atoms with van der Waals surface area (Å²) in [7, 11) is -2.42. The zero-order valence-electron chi connectivity index (χ0n) is 7.32. The van der Waals surface area contributed by atoms with E-state index in [4.69, 9.17) is 0 Å². The Morgan fingerprint density at radius 2 is 2.09 bits per heavy atom. The normalized spacial score (nSPS) is 11.3. The van der Waals surface area contributed by atoms with Crippen LogP contribution < -0.4 is 0 Å². The van der Waals surface area contributed by atoms with E-state index in [0.29, 0.717) is 19.1 Å². The molecule has 0 saturated carbocycles. The fraction of sp³-hybridized carbons (Fsp3) is 0.857. The summed E-state index contributed by atoms with van der Waals surface area (Å²) in [5, 5.41) is 0. The second-order valence-electron chi connectivity index (χ2n) is 3.16. The maximum Gasteiger partial charge on any atom is 0.302 e. The average Bonchev–Trinajstić information content (AvgIpc) is 1.78. The summed E-state index contributed by atoms with van der Waals surface area (Å²) in [6.07, 6.45) is 0.648. The van der Waals surface area contributed by atoms with Crippen molar-refractivity contribution in [3.05, 3.63) is 0 Å². The molecule has 0 rings (SSSR count). The molecular formula is C7H15FO2Si. The Morgan fingerprint density at radius 3 is 2.45 bits per heavy atom. The first-order valence-corrected chi connectivity index (χ1v) is 6.82. The minimum Gasteiger partial charge on any atom is -0.466 e. The molecule has 0 aliphatic heterocycles. The number of carbonyl (C=O) groups excluding carboxylic acids is 1. The van der Waals surface area contributed by atoms with Crippen LogP contribution in [0.1, 0.15) is 13.3 Å². The van der Waals surface area contributed by atoms with Gasteiger partial charge >= 0.3 is 5.97 Å². The van der Waals surface area contributed by atoms with Gasteiger partial charge in [0.15, 0.2) is 0 Å². The highest BCUT2D eigenvalue weighted by molar-refractivity contribution is 6.70. The molecule has 0 heterocycles. The maximum absolute atomic E-state index is 12.9. The molecule has 0 fully saturated rings. The predicted octanol–water partition coefficient (Wildman–Crippen LogP) is 2.11. The van der Waals surface area contributed by atoms with Crippen molar-refractivity contribution in [3.63, 3.8) is 0 Å². The molecule has 0 bridgehead atoms.